The number of hydrogen-bond donors (Lipinski definition) is 1. The van der Waals surface area contributed by atoms with E-state index in [0.717, 1.165) is 12.7 Å². The van der Waals surface area contributed by atoms with Crippen LogP contribution in [0.2, 0.25) is 0 Å². The molecule has 0 atom stereocenters. The van der Waals surface area contributed by atoms with Crippen molar-refractivity contribution in [1.29, 1.82) is 0 Å². The zero-order valence-corrected chi connectivity index (χ0v) is 12.5. The first-order valence-electron chi connectivity index (χ1n) is 7.72. The highest BCUT2D eigenvalue weighted by Crippen LogP contribution is 2.12. The Morgan fingerprint density at radius 1 is 1.00 bits per heavy atom. The summed E-state index contributed by atoms with van der Waals surface area (Å²) in [5, 5.41) is 8.57. The average Bonchev–Trinajstić information content (AvgIpc) is 2.47. The number of carbonyl (C=O) groups is 1. The van der Waals surface area contributed by atoms with Crippen LogP contribution < -0.4 is 0 Å². The Morgan fingerprint density at radius 3 is 2.20 bits per heavy atom. The van der Waals surface area contributed by atoms with Crippen LogP contribution in [-0.4, -0.2) is 10.9 Å². The van der Waals surface area contributed by atoms with Crippen LogP contribution in [0.5, 0.6) is 0 Å². The SMILES string of the molecule is CCCCCCCCCc1ccc(C(=O)/C=C/O)cc1. The van der Waals surface area contributed by atoms with Crippen molar-refractivity contribution >= 4 is 5.78 Å². The van der Waals surface area contributed by atoms with Crippen molar-refractivity contribution in [3.63, 3.8) is 0 Å². The highest BCUT2D eigenvalue weighted by atomic mass is 16.2. The summed E-state index contributed by atoms with van der Waals surface area (Å²) in [6, 6.07) is 7.68. The molecule has 2 heteroatoms. The zero-order valence-electron chi connectivity index (χ0n) is 12.5. The first-order chi connectivity index (χ1) is 9.77. The molecule has 0 spiro atoms. The van der Waals surface area contributed by atoms with Crippen molar-refractivity contribution < 1.29 is 9.90 Å². The molecule has 2 nitrogen and oxygen atoms in total. The normalized spacial score (nSPS) is 11.1. The summed E-state index contributed by atoms with van der Waals surface area (Å²) in [4.78, 5) is 11.5. The van der Waals surface area contributed by atoms with E-state index in [2.05, 4.69) is 6.92 Å². The van der Waals surface area contributed by atoms with Gasteiger partial charge >= 0.3 is 0 Å². The number of ketones is 1. The second-order valence-corrected chi connectivity index (χ2v) is 5.25. The van der Waals surface area contributed by atoms with Crippen molar-refractivity contribution in [2.45, 2.75) is 58.3 Å². The maximum atomic E-state index is 11.5. The topological polar surface area (TPSA) is 37.3 Å². The highest BCUT2D eigenvalue weighted by molar-refractivity contribution is 6.04. The maximum absolute atomic E-state index is 11.5. The summed E-state index contributed by atoms with van der Waals surface area (Å²) < 4.78 is 0. The van der Waals surface area contributed by atoms with Crippen LogP contribution in [0.25, 0.3) is 0 Å². The van der Waals surface area contributed by atoms with Crippen LogP contribution in [0.15, 0.2) is 36.6 Å². The van der Waals surface area contributed by atoms with Crippen LogP contribution in [0.1, 0.15) is 67.8 Å². The van der Waals surface area contributed by atoms with Crippen LogP contribution in [0.4, 0.5) is 0 Å². The van der Waals surface area contributed by atoms with E-state index in [1.807, 2.05) is 24.3 Å². The molecule has 0 heterocycles. The lowest BCUT2D eigenvalue weighted by molar-refractivity contribution is 0.104. The van der Waals surface area contributed by atoms with Crippen molar-refractivity contribution in [1.82, 2.24) is 0 Å². The Labute approximate surface area is 122 Å². The number of hydrogen-bond acceptors (Lipinski definition) is 2. The van der Waals surface area contributed by atoms with E-state index >= 15 is 0 Å². The number of aryl methyl sites for hydroxylation is 1. The largest absolute Gasteiger partial charge is 0.515 e. The van der Waals surface area contributed by atoms with Gasteiger partial charge in [-0.15, -0.1) is 0 Å². The standard InChI is InChI=1S/C18H26O2/c1-2-3-4-5-6-7-8-9-16-10-12-17(13-11-16)18(20)14-15-19/h10-15,19H,2-9H2,1H3/b15-14+. The van der Waals surface area contributed by atoms with Gasteiger partial charge in [0, 0.05) is 11.6 Å². The third-order valence-corrected chi connectivity index (χ3v) is 3.53. The number of aliphatic hydroxyl groups excluding tert-OH is 1. The second kappa shape index (κ2) is 10.2. The summed E-state index contributed by atoms with van der Waals surface area (Å²) in [5.74, 6) is -0.157. The van der Waals surface area contributed by atoms with Crippen LogP contribution in [-0.2, 0) is 6.42 Å². The minimum atomic E-state index is -0.157. The van der Waals surface area contributed by atoms with E-state index in [1.54, 1.807) is 0 Å². The molecule has 0 aliphatic rings. The molecule has 0 amide bonds. The van der Waals surface area contributed by atoms with Crippen LogP contribution in [0.3, 0.4) is 0 Å². The van der Waals surface area contributed by atoms with Crippen molar-refractivity contribution in [2.75, 3.05) is 0 Å². The van der Waals surface area contributed by atoms with Gasteiger partial charge in [-0.2, -0.15) is 0 Å². The number of unbranched alkanes of at least 4 members (excludes halogenated alkanes) is 6. The minimum absolute atomic E-state index is 0.157. The quantitative estimate of drug-likeness (QED) is 0.274. The van der Waals surface area contributed by atoms with Gasteiger partial charge in [-0.1, -0.05) is 69.7 Å². The predicted octanol–water partition coefficient (Wildman–Crippen LogP) is 5.23. The monoisotopic (exact) mass is 274 g/mol. The van der Waals surface area contributed by atoms with Gasteiger partial charge in [0.1, 0.15) is 0 Å². The summed E-state index contributed by atoms with van der Waals surface area (Å²) in [5.41, 5.74) is 1.90. The Kier molecular flexibility index (Phi) is 8.44. The maximum Gasteiger partial charge on any atom is 0.188 e. The van der Waals surface area contributed by atoms with Gasteiger partial charge in [-0.25, -0.2) is 0 Å². The molecule has 20 heavy (non-hydrogen) atoms. The van der Waals surface area contributed by atoms with Gasteiger partial charge in [-0.3, -0.25) is 4.79 Å². The fourth-order valence-corrected chi connectivity index (χ4v) is 2.29. The first-order valence-corrected chi connectivity index (χ1v) is 7.72. The Hall–Kier alpha value is -1.57. The second-order valence-electron chi connectivity index (χ2n) is 5.25. The first kappa shape index (κ1) is 16.5. The lowest BCUT2D eigenvalue weighted by atomic mass is 10.0. The molecule has 0 aliphatic carbocycles. The molecule has 0 radical (unpaired) electrons. The summed E-state index contributed by atoms with van der Waals surface area (Å²) >= 11 is 0. The third kappa shape index (κ3) is 6.55. The van der Waals surface area contributed by atoms with Crippen molar-refractivity contribution in [3.8, 4) is 0 Å². The molecule has 0 saturated heterocycles. The Balaban J connectivity index is 2.23. The molecule has 0 saturated carbocycles. The van der Waals surface area contributed by atoms with E-state index in [9.17, 15) is 4.79 Å². The summed E-state index contributed by atoms with van der Waals surface area (Å²) in [6.07, 6.45) is 12.3. The molecular weight excluding hydrogens is 248 g/mol. The molecule has 1 rings (SSSR count). The fraction of sp³-hybridized carbons (Fsp3) is 0.500. The minimum Gasteiger partial charge on any atom is -0.515 e. The van der Waals surface area contributed by atoms with Crippen molar-refractivity contribution in [3.05, 3.63) is 47.7 Å². The van der Waals surface area contributed by atoms with Crippen LogP contribution in [0, 0.1) is 0 Å². The third-order valence-electron chi connectivity index (χ3n) is 3.53. The molecule has 1 aromatic carbocycles. The van der Waals surface area contributed by atoms with E-state index in [0.29, 0.717) is 5.56 Å². The number of allylic oxidation sites excluding steroid dienone is 1. The van der Waals surface area contributed by atoms with E-state index in [4.69, 9.17) is 5.11 Å². The molecule has 1 aromatic rings. The molecule has 0 aliphatic heterocycles. The Morgan fingerprint density at radius 2 is 1.60 bits per heavy atom. The average molecular weight is 274 g/mol. The van der Waals surface area contributed by atoms with E-state index < -0.39 is 0 Å². The highest BCUT2D eigenvalue weighted by Gasteiger charge is 2.01. The predicted molar refractivity (Wildman–Crippen MR) is 84.2 cm³/mol. The molecule has 0 aromatic heterocycles. The van der Waals surface area contributed by atoms with E-state index in [-0.39, 0.29) is 5.78 Å². The van der Waals surface area contributed by atoms with Gasteiger partial charge < -0.3 is 5.11 Å². The van der Waals surface area contributed by atoms with Gasteiger partial charge in [0.15, 0.2) is 5.78 Å². The zero-order chi connectivity index (χ0) is 14.6. The summed E-state index contributed by atoms with van der Waals surface area (Å²) in [7, 11) is 0. The number of benzene rings is 1. The number of carbonyl (C=O) groups excluding carboxylic acids is 1. The van der Waals surface area contributed by atoms with E-state index in [1.165, 1.54) is 56.6 Å². The van der Waals surface area contributed by atoms with Crippen LogP contribution >= 0.6 is 0 Å². The molecular formula is C18H26O2. The van der Waals surface area contributed by atoms with Crippen molar-refractivity contribution in [2.24, 2.45) is 0 Å². The number of rotatable bonds is 10. The molecule has 110 valence electrons. The lowest BCUT2D eigenvalue weighted by Gasteiger charge is -2.03. The Bertz CT molecular complexity index is 404. The lowest BCUT2D eigenvalue weighted by Crippen LogP contribution is -1.95. The molecule has 1 N–H and O–H groups in total. The molecule has 0 bridgehead atoms. The molecule has 0 fully saturated rings. The molecule has 0 unspecified atom stereocenters. The number of aliphatic hydroxyl groups is 1. The smallest absolute Gasteiger partial charge is 0.188 e. The van der Waals surface area contributed by atoms with Gasteiger partial charge in [0.05, 0.1) is 6.26 Å². The van der Waals surface area contributed by atoms with Gasteiger partial charge in [-0.05, 0) is 18.4 Å². The van der Waals surface area contributed by atoms with Gasteiger partial charge in [0.25, 0.3) is 0 Å². The van der Waals surface area contributed by atoms with Gasteiger partial charge in [0.2, 0.25) is 0 Å². The summed E-state index contributed by atoms with van der Waals surface area (Å²) in [6.45, 7) is 2.24. The fourth-order valence-electron chi connectivity index (χ4n) is 2.29.